The predicted octanol–water partition coefficient (Wildman–Crippen LogP) is 2.61. The molecule has 1 aromatic carbocycles. The summed E-state index contributed by atoms with van der Waals surface area (Å²) in [5, 5.41) is 9.04. The summed E-state index contributed by atoms with van der Waals surface area (Å²) in [5.41, 5.74) is 0.890. The fourth-order valence-electron chi connectivity index (χ4n) is 2.29. The van der Waals surface area contributed by atoms with Crippen LogP contribution in [0.1, 0.15) is 29.2 Å². The zero-order chi connectivity index (χ0) is 14.9. The molecule has 1 aliphatic rings. The molecule has 2 heterocycles. The zero-order valence-corrected chi connectivity index (χ0v) is 12.8. The van der Waals surface area contributed by atoms with Crippen LogP contribution in [0.5, 0.6) is 5.75 Å². The molecule has 3 rings (SSSR count). The van der Waals surface area contributed by atoms with Gasteiger partial charge in [0.2, 0.25) is 0 Å². The zero-order valence-electron chi connectivity index (χ0n) is 12.0. The summed E-state index contributed by atoms with van der Waals surface area (Å²) >= 11 is 1.53. The van der Waals surface area contributed by atoms with Gasteiger partial charge in [0.1, 0.15) is 11.6 Å². The molecular formula is C15H17N3O2S. The number of fused-ring (bicyclic) bond motifs is 1. The molecular weight excluding hydrogens is 286 g/mol. The Labute approximate surface area is 127 Å². The minimum Gasteiger partial charge on any atom is -0.489 e. The van der Waals surface area contributed by atoms with E-state index in [2.05, 4.69) is 15.6 Å². The van der Waals surface area contributed by atoms with Gasteiger partial charge in [0.05, 0.1) is 16.8 Å². The van der Waals surface area contributed by atoms with E-state index in [1.807, 2.05) is 31.4 Å². The van der Waals surface area contributed by atoms with Crippen LogP contribution in [0.4, 0.5) is 5.69 Å². The number of aromatic nitrogens is 1. The van der Waals surface area contributed by atoms with E-state index in [-0.39, 0.29) is 5.91 Å². The molecule has 0 atom stereocenters. The van der Waals surface area contributed by atoms with Gasteiger partial charge in [0.15, 0.2) is 5.75 Å². The molecule has 110 valence electrons. The van der Waals surface area contributed by atoms with Gasteiger partial charge in [-0.15, -0.1) is 11.3 Å². The Morgan fingerprint density at radius 1 is 1.48 bits per heavy atom. The number of carbonyl (C=O) groups excluding carboxylic acids is 1. The van der Waals surface area contributed by atoms with Gasteiger partial charge in [-0.1, -0.05) is 6.07 Å². The average Bonchev–Trinajstić information content (AvgIpc) is 3.01. The van der Waals surface area contributed by atoms with E-state index in [0.29, 0.717) is 17.9 Å². The van der Waals surface area contributed by atoms with Crippen molar-refractivity contribution in [2.75, 3.05) is 18.5 Å². The highest BCUT2D eigenvalue weighted by atomic mass is 32.1. The number of anilines is 1. The number of amides is 1. The number of benzene rings is 1. The van der Waals surface area contributed by atoms with Gasteiger partial charge in [-0.25, -0.2) is 4.98 Å². The monoisotopic (exact) mass is 303 g/mol. The fraction of sp³-hybridized carbons (Fsp3) is 0.333. The maximum absolute atomic E-state index is 12.6. The molecule has 0 saturated heterocycles. The number of hydrogen-bond donors (Lipinski definition) is 2. The highest BCUT2D eigenvalue weighted by Crippen LogP contribution is 2.32. The number of nitrogens with zero attached hydrogens (tertiary/aromatic N) is 1. The Kier molecular flexibility index (Phi) is 3.55. The summed E-state index contributed by atoms with van der Waals surface area (Å²) in [6, 6.07) is 5.54. The molecule has 0 radical (unpaired) electrons. The molecule has 0 spiro atoms. The minimum absolute atomic E-state index is 0.157. The first kappa shape index (κ1) is 13.9. The van der Waals surface area contributed by atoms with Crippen LogP contribution in [0.2, 0.25) is 0 Å². The molecule has 1 amide bonds. The highest BCUT2D eigenvalue weighted by Gasteiger charge is 2.28. The van der Waals surface area contributed by atoms with Crippen LogP contribution in [-0.4, -0.2) is 24.0 Å². The Bertz CT molecular complexity index is 653. The summed E-state index contributed by atoms with van der Waals surface area (Å²) in [6.45, 7) is 5.20. The molecule has 2 aromatic rings. The van der Waals surface area contributed by atoms with Crippen LogP contribution >= 0.6 is 11.3 Å². The Balaban J connectivity index is 1.86. The number of nitrogens with one attached hydrogen (secondary N) is 2. The quantitative estimate of drug-likeness (QED) is 0.915. The van der Waals surface area contributed by atoms with Crippen molar-refractivity contribution in [3.63, 3.8) is 0 Å². The second-order valence-corrected chi connectivity index (χ2v) is 6.27. The lowest BCUT2D eigenvalue weighted by atomic mass is 10.0. The number of ether oxygens (including phenoxy) is 1. The van der Waals surface area contributed by atoms with E-state index in [9.17, 15) is 4.79 Å². The fourth-order valence-corrected chi connectivity index (χ4v) is 3.00. The number of para-hydroxylation sites is 1. The van der Waals surface area contributed by atoms with Gasteiger partial charge in [-0.05, 0) is 26.0 Å². The van der Waals surface area contributed by atoms with Crippen molar-refractivity contribution in [2.45, 2.75) is 19.4 Å². The van der Waals surface area contributed by atoms with Crippen molar-refractivity contribution >= 4 is 22.9 Å². The van der Waals surface area contributed by atoms with Gasteiger partial charge in [0, 0.05) is 18.1 Å². The molecule has 1 aliphatic heterocycles. The molecule has 0 bridgehead atoms. The molecule has 2 N–H and O–H groups in total. The van der Waals surface area contributed by atoms with Gasteiger partial charge < -0.3 is 15.4 Å². The van der Waals surface area contributed by atoms with Crippen LogP contribution < -0.4 is 15.4 Å². The lowest BCUT2D eigenvalue weighted by molar-refractivity contribution is 0.0907. The van der Waals surface area contributed by atoms with Gasteiger partial charge in [0.25, 0.3) is 5.91 Å². The Hall–Kier alpha value is -2.08. The third-order valence-electron chi connectivity index (χ3n) is 3.32. The maximum atomic E-state index is 12.6. The van der Waals surface area contributed by atoms with Crippen LogP contribution in [0.25, 0.3) is 0 Å². The normalized spacial score (nSPS) is 13.8. The van der Waals surface area contributed by atoms with Crippen LogP contribution in [0, 0.1) is 0 Å². The van der Waals surface area contributed by atoms with Gasteiger partial charge in [-0.3, -0.25) is 4.79 Å². The molecule has 0 saturated carbocycles. The average molecular weight is 303 g/mol. The standard InChI is InChI=1S/C15H17N3O2S/c1-15(2,14-17-7-9-21-14)18-13(19)10-4-3-5-11-12(10)20-8-6-16-11/h3-5,7,9,16H,6,8H2,1-2H3,(H,18,19). The first-order valence-corrected chi connectivity index (χ1v) is 7.68. The predicted molar refractivity (Wildman–Crippen MR) is 83.0 cm³/mol. The maximum Gasteiger partial charge on any atom is 0.255 e. The van der Waals surface area contributed by atoms with E-state index < -0.39 is 5.54 Å². The topological polar surface area (TPSA) is 63.2 Å². The molecule has 21 heavy (non-hydrogen) atoms. The second kappa shape index (κ2) is 5.37. The van der Waals surface area contributed by atoms with Crippen molar-refractivity contribution in [3.05, 3.63) is 40.3 Å². The summed E-state index contributed by atoms with van der Waals surface area (Å²) in [7, 11) is 0. The number of carbonyl (C=O) groups is 1. The minimum atomic E-state index is -0.518. The van der Waals surface area contributed by atoms with E-state index in [1.54, 1.807) is 12.3 Å². The smallest absolute Gasteiger partial charge is 0.255 e. The van der Waals surface area contributed by atoms with Crippen LogP contribution in [-0.2, 0) is 5.54 Å². The van der Waals surface area contributed by atoms with Crippen LogP contribution in [0.15, 0.2) is 29.8 Å². The first-order chi connectivity index (χ1) is 10.1. The Morgan fingerprint density at radius 3 is 3.10 bits per heavy atom. The number of thiazole rings is 1. The summed E-state index contributed by atoms with van der Waals surface area (Å²) in [6.07, 6.45) is 1.74. The van der Waals surface area contributed by atoms with Gasteiger partial charge in [-0.2, -0.15) is 0 Å². The van der Waals surface area contributed by atoms with Crippen molar-refractivity contribution in [2.24, 2.45) is 0 Å². The lowest BCUT2D eigenvalue weighted by Gasteiger charge is -2.26. The third kappa shape index (κ3) is 2.71. The number of hydrogen-bond acceptors (Lipinski definition) is 5. The first-order valence-electron chi connectivity index (χ1n) is 6.80. The molecule has 0 aliphatic carbocycles. The van der Waals surface area contributed by atoms with E-state index in [0.717, 1.165) is 17.2 Å². The summed E-state index contributed by atoms with van der Waals surface area (Å²) < 4.78 is 5.64. The van der Waals surface area contributed by atoms with Crippen LogP contribution in [0.3, 0.4) is 0 Å². The largest absolute Gasteiger partial charge is 0.489 e. The SMILES string of the molecule is CC(C)(NC(=O)c1cccc2c1OCCN2)c1nccs1. The molecule has 6 heteroatoms. The lowest BCUT2D eigenvalue weighted by Crippen LogP contribution is -2.41. The molecule has 0 unspecified atom stereocenters. The van der Waals surface area contributed by atoms with Crippen molar-refractivity contribution < 1.29 is 9.53 Å². The van der Waals surface area contributed by atoms with Crippen molar-refractivity contribution in [1.82, 2.24) is 10.3 Å². The third-order valence-corrected chi connectivity index (χ3v) is 4.41. The molecule has 5 nitrogen and oxygen atoms in total. The van der Waals surface area contributed by atoms with Gasteiger partial charge >= 0.3 is 0 Å². The summed E-state index contributed by atoms with van der Waals surface area (Å²) in [4.78, 5) is 16.9. The van der Waals surface area contributed by atoms with Crippen molar-refractivity contribution in [3.8, 4) is 5.75 Å². The second-order valence-electron chi connectivity index (χ2n) is 5.37. The summed E-state index contributed by atoms with van der Waals surface area (Å²) in [5.74, 6) is 0.465. The number of rotatable bonds is 3. The highest BCUT2D eigenvalue weighted by molar-refractivity contribution is 7.09. The molecule has 0 fully saturated rings. The molecule has 1 aromatic heterocycles. The van der Waals surface area contributed by atoms with E-state index in [4.69, 9.17) is 4.74 Å². The van der Waals surface area contributed by atoms with E-state index in [1.165, 1.54) is 11.3 Å². The Morgan fingerprint density at radius 2 is 2.33 bits per heavy atom. The van der Waals surface area contributed by atoms with Crippen molar-refractivity contribution in [1.29, 1.82) is 0 Å². The van der Waals surface area contributed by atoms with E-state index >= 15 is 0 Å².